The van der Waals surface area contributed by atoms with E-state index in [9.17, 15) is 0 Å². The molecule has 0 spiro atoms. The molecule has 0 unspecified atom stereocenters. The zero-order valence-electron chi connectivity index (χ0n) is 10.8. The molecule has 0 amide bonds. The quantitative estimate of drug-likeness (QED) is 0.646. The summed E-state index contributed by atoms with van der Waals surface area (Å²) < 4.78 is 0. The van der Waals surface area contributed by atoms with Crippen molar-refractivity contribution in [3.8, 4) is 11.1 Å². The average molecular weight is 235 g/mol. The van der Waals surface area contributed by atoms with Crippen molar-refractivity contribution in [1.82, 2.24) is 4.98 Å². The van der Waals surface area contributed by atoms with Gasteiger partial charge in [0, 0.05) is 16.6 Å². The van der Waals surface area contributed by atoms with E-state index in [0.717, 1.165) is 0 Å². The second kappa shape index (κ2) is 4.34. The Morgan fingerprint density at radius 2 is 1.61 bits per heavy atom. The van der Waals surface area contributed by atoms with E-state index in [0.29, 0.717) is 5.92 Å². The predicted molar refractivity (Wildman–Crippen MR) is 77.8 cm³/mol. The van der Waals surface area contributed by atoms with E-state index in [1.165, 1.54) is 27.7 Å². The van der Waals surface area contributed by atoms with Crippen LogP contribution in [-0.2, 0) is 0 Å². The number of benzene rings is 2. The number of aromatic amines is 1. The first kappa shape index (κ1) is 11.1. The van der Waals surface area contributed by atoms with Crippen molar-refractivity contribution in [2.24, 2.45) is 0 Å². The van der Waals surface area contributed by atoms with Gasteiger partial charge in [0.15, 0.2) is 0 Å². The predicted octanol–water partition coefficient (Wildman–Crippen LogP) is 4.96. The van der Waals surface area contributed by atoms with Gasteiger partial charge in [-0.1, -0.05) is 50.2 Å². The van der Waals surface area contributed by atoms with Gasteiger partial charge < -0.3 is 4.98 Å². The molecule has 1 heterocycles. The zero-order valence-corrected chi connectivity index (χ0v) is 10.8. The molecule has 0 aliphatic heterocycles. The lowest BCUT2D eigenvalue weighted by atomic mass is 10.0. The lowest BCUT2D eigenvalue weighted by Gasteiger charge is -2.01. The van der Waals surface area contributed by atoms with Gasteiger partial charge in [0.25, 0.3) is 0 Å². The van der Waals surface area contributed by atoms with Crippen molar-refractivity contribution in [3.05, 3.63) is 60.3 Å². The first-order chi connectivity index (χ1) is 8.74. The molecular formula is C17H17N. The summed E-state index contributed by atoms with van der Waals surface area (Å²) in [6.07, 6.45) is 0. The van der Waals surface area contributed by atoms with Crippen LogP contribution >= 0.6 is 0 Å². The normalized spacial score (nSPS) is 11.3. The molecule has 0 saturated carbocycles. The molecule has 0 saturated heterocycles. The van der Waals surface area contributed by atoms with Crippen LogP contribution in [0.25, 0.3) is 22.0 Å². The third kappa shape index (κ3) is 1.92. The molecule has 0 radical (unpaired) electrons. The number of hydrogen-bond donors (Lipinski definition) is 1. The Labute approximate surface area is 107 Å². The Morgan fingerprint density at radius 3 is 2.33 bits per heavy atom. The van der Waals surface area contributed by atoms with E-state index in [4.69, 9.17) is 0 Å². The lowest BCUT2D eigenvalue weighted by molar-refractivity contribution is 0.836. The van der Waals surface area contributed by atoms with Crippen LogP contribution in [0.3, 0.4) is 0 Å². The summed E-state index contributed by atoms with van der Waals surface area (Å²) in [4.78, 5) is 3.47. The van der Waals surface area contributed by atoms with Crippen LogP contribution < -0.4 is 0 Å². The van der Waals surface area contributed by atoms with Gasteiger partial charge in [-0.3, -0.25) is 0 Å². The Kier molecular flexibility index (Phi) is 2.67. The molecule has 0 bridgehead atoms. The van der Waals surface area contributed by atoms with Crippen LogP contribution in [0.5, 0.6) is 0 Å². The summed E-state index contributed by atoms with van der Waals surface area (Å²) in [6, 6.07) is 19.4. The molecule has 1 N–H and O–H groups in total. The number of nitrogens with one attached hydrogen (secondary N) is 1. The maximum atomic E-state index is 3.47. The van der Waals surface area contributed by atoms with Crippen LogP contribution in [0.15, 0.2) is 54.6 Å². The van der Waals surface area contributed by atoms with Gasteiger partial charge >= 0.3 is 0 Å². The molecule has 90 valence electrons. The molecule has 1 nitrogen and oxygen atoms in total. The minimum absolute atomic E-state index is 0.539. The molecule has 0 aliphatic rings. The first-order valence-electron chi connectivity index (χ1n) is 6.42. The van der Waals surface area contributed by atoms with Gasteiger partial charge in [-0.25, -0.2) is 0 Å². The lowest BCUT2D eigenvalue weighted by Crippen LogP contribution is -1.84. The Bertz CT molecular complexity index is 662. The summed E-state index contributed by atoms with van der Waals surface area (Å²) in [5.74, 6) is 0.539. The second-order valence-corrected chi connectivity index (χ2v) is 5.05. The first-order valence-corrected chi connectivity index (χ1v) is 6.42. The summed E-state index contributed by atoms with van der Waals surface area (Å²) in [7, 11) is 0. The van der Waals surface area contributed by atoms with Gasteiger partial charge in [-0.15, -0.1) is 0 Å². The van der Waals surface area contributed by atoms with E-state index < -0.39 is 0 Å². The Morgan fingerprint density at radius 1 is 0.833 bits per heavy atom. The molecule has 0 aliphatic carbocycles. The summed E-state index contributed by atoms with van der Waals surface area (Å²) >= 11 is 0. The Hall–Kier alpha value is -2.02. The molecule has 3 aromatic rings. The summed E-state index contributed by atoms with van der Waals surface area (Å²) in [5.41, 5.74) is 5.07. The molecule has 3 rings (SSSR count). The molecule has 0 atom stereocenters. The van der Waals surface area contributed by atoms with E-state index >= 15 is 0 Å². The van der Waals surface area contributed by atoms with Gasteiger partial charge in [0.05, 0.1) is 0 Å². The molecule has 0 fully saturated rings. The number of aromatic nitrogens is 1. The standard InChI is InChI=1S/C17H17N/c1-12(2)17-11-15-10-14(8-9-16(15)18-17)13-6-4-3-5-7-13/h3-12,18H,1-2H3. The minimum Gasteiger partial charge on any atom is -0.358 e. The highest BCUT2D eigenvalue weighted by Gasteiger charge is 2.05. The molecular weight excluding hydrogens is 218 g/mol. The van der Waals surface area contributed by atoms with Gasteiger partial charge in [0.2, 0.25) is 0 Å². The van der Waals surface area contributed by atoms with E-state index in [2.05, 4.69) is 73.4 Å². The van der Waals surface area contributed by atoms with Crippen molar-refractivity contribution in [3.63, 3.8) is 0 Å². The SMILES string of the molecule is CC(C)c1cc2cc(-c3ccccc3)ccc2[nH]1. The third-order valence-electron chi connectivity index (χ3n) is 3.37. The fourth-order valence-corrected chi connectivity index (χ4v) is 2.28. The van der Waals surface area contributed by atoms with E-state index in [1.54, 1.807) is 0 Å². The molecule has 1 aromatic heterocycles. The monoisotopic (exact) mass is 235 g/mol. The highest BCUT2D eigenvalue weighted by molar-refractivity contribution is 5.85. The molecule has 18 heavy (non-hydrogen) atoms. The fraction of sp³-hybridized carbons (Fsp3) is 0.176. The highest BCUT2D eigenvalue weighted by atomic mass is 14.7. The summed E-state index contributed by atoms with van der Waals surface area (Å²) in [5, 5.41) is 1.29. The highest BCUT2D eigenvalue weighted by Crippen LogP contribution is 2.26. The maximum absolute atomic E-state index is 3.47. The van der Waals surface area contributed by atoms with Crippen molar-refractivity contribution in [1.29, 1.82) is 0 Å². The minimum atomic E-state index is 0.539. The van der Waals surface area contributed by atoms with Crippen molar-refractivity contribution in [2.45, 2.75) is 19.8 Å². The van der Waals surface area contributed by atoms with Crippen molar-refractivity contribution >= 4 is 10.9 Å². The zero-order chi connectivity index (χ0) is 12.5. The van der Waals surface area contributed by atoms with Gasteiger partial charge in [-0.2, -0.15) is 0 Å². The topological polar surface area (TPSA) is 15.8 Å². The van der Waals surface area contributed by atoms with Crippen molar-refractivity contribution in [2.75, 3.05) is 0 Å². The average Bonchev–Trinajstić information content (AvgIpc) is 2.82. The van der Waals surface area contributed by atoms with Gasteiger partial charge in [-0.05, 0) is 35.2 Å². The van der Waals surface area contributed by atoms with Crippen LogP contribution in [0.4, 0.5) is 0 Å². The maximum Gasteiger partial charge on any atom is 0.0456 e. The second-order valence-electron chi connectivity index (χ2n) is 5.05. The van der Waals surface area contributed by atoms with E-state index in [1.807, 2.05) is 0 Å². The fourth-order valence-electron chi connectivity index (χ4n) is 2.28. The number of fused-ring (bicyclic) bond motifs is 1. The van der Waals surface area contributed by atoms with Crippen LogP contribution in [-0.4, -0.2) is 4.98 Å². The van der Waals surface area contributed by atoms with Crippen LogP contribution in [0.2, 0.25) is 0 Å². The smallest absolute Gasteiger partial charge is 0.0456 e. The number of hydrogen-bond acceptors (Lipinski definition) is 0. The summed E-state index contributed by atoms with van der Waals surface area (Å²) in [6.45, 7) is 4.42. The van der Waals surface area contributed by atoms with Gasteiger partial charge in [0.1, 0.15) is 0 Å². The molecule has 2 aromatic carbocycles. The van der Waals surface area contributed by atoms with Crippen LogP contribution in [0.1, 0.15) is 25.5 Å². The largest absolute Gasteiger partial charge is 0.358 e. The third-order valence-corrected chi connectivity index (χ3v) is 3.37. The Balaban J connectivity index is 2.11. The van der Waals surface area contributed by atoms with E-state index in [-0.39, 0.29) is 0 Å². The number of H-pyrrole nitrogens is 1. The number of rotatable bonds is 2. The van der Waals surface area contributed by atoms with Crippen LogP contribution in [0, 0.1) is 0 Å². The van der Waals surface area contributed by atoms with Crippen molar-refractivity contribution < 1.29 is 0 Å². The molecule has 1 heteroatoms.